The van der Waals surface area contributed by atoms with E-state index in [2.05, 4.69) is 10.3 Å². The fourth-order valence-electron chi connectivity index (χ4n) is 1.63. The van der Waals surface area contributed by atoms with Crippen molar-refractivity contribution in [3.63, 3.8) is 0 Å². The molecule has 0 spiro atoms. The van der Waals surface area contributed by atoms with Crippen LogP contribution in [0.25, 0.3) is 0 Å². The predicted molar refractivity (Wildman–Crippen MR) is 77.9 cm³/mol. The number of nitrogens with two attached hydrogens (primary N) is 2. The number of carbonyl (C=O) groups excluding carboxylic acids is 1. The number of pyridine rings is 1. The summed E-state index contributed by atoms with van der Waals surface area (Å²) in [6.07, 6.45) is 1.51. The SMILES string of the molecule is NCc1ccc(C(=O)Nc2cccc(S(N)(=O)=O)c2)nc1. The fourth-order valence-corrected chi connectivity index (χ4v) is 2.18. The van der Waals surface area contributed by atoms with Gasteiger partial charge in [-0.25, -0.2) is 13.6 Å². The molecule has 21 heavy (non-hydrogen) atoms. The van der Waals surface area contributed by atoms with Gasteiger partial charge in [-0.2, -0.15) is 0 Å². The smallest absolute Gasteiger partial charge is 0.274 e. The average Bonchev–Trinajstić information content (AvgIpc) is 2.47. The standard InChI is InChI=1S/C13H14N4O3S/c14-7-9-4-5-12(16-8-9)13(18)17-10-2-1-3-11(6-10)21(15,19)20/h1-6,8H,7,14H2,(H,17,18)(H2,15,19,20). The van der Waals surface area contributed by atoms with E-state index in [-0.39, 0.29) is 10.6 Å². The Labute approximate surface area is 122 Å². The van der Waals surface area contributed by atoms with E-state index in [1.807, 2.05) is 0 Å². The van der Waals surface area contributed by atoms with Gasteiger partial charge in [0.25, 0.3) is 5.91 Å². The number of primary sulfonamides is 1. The predicted octanol–water partition coefficient (Wildman–Crippen LogP) is 0.440. The van der Waals surface area contributed by atoms with E-state index in [9.17, 15) is 13.2 Å². The van der Waals surface area contributed by atoms with Gasteiger partial charge in [-0.3, -0.25) is 9.78 Å². The maximum absolute atomic E-state index is 12.0. The molecule has 0 radical (unpaired) electrons. The number of nitrogens with zero attached hydrogens (tertiary/aromatic N) is 1. The lowest BCUT2D eigenvalue weighted by molar-refractivity contribution is 0.102. The Morgan fingerprint density at radius 3 is 2.57 bits per heavy atom. The lowest BCUT2D eigenvalue weighted by Gasteiger charge is -2.06. The number of hydrogen-bond donors (Lipinski definition) is 3. The van der Waals surface area contributed by atoms with Crippen molar-refractivity contribution in [1.82, 2.24) is 4.98 Å². The van der Waals surface area contributed by atoms with Crippen molar-refractivity contribution in [2.24, 2.45) is 10.9 Å². The van der Waals surface area contributed by atoms with Crippen molar-refractivity contribution in [3.05, 3.63) is 53.9 Å². The van der Waals surface area contributed by atoms with Crippen molar-refractivity contribution < 1.29 is 13.2 Å². The van der Waals surface area contributed by atoms with Crippen LogP contribution in [0.2, 0.25) is 0 Å². The van der Waals surface area contributed by atoms with E-state index in [0.29, 0.717) is 12.2 Å². The third-order valence-electron chi connectivity index (χ3n) is 2.71. The molecule has 1 aromatic carbocycles. The van der Waals surface area contributed by atoms with Crippen LogP contribution in [0.3, 0.4) is 0 Å². The molecule has 0 fully saturated rings. The molecule has 2 aromatic rings. The quantitative estimate of drug-likeness (QED) is 0.755. The Hall–Kier alpha value is -2.29. The summed E-state index contributed by atoms with van der Waals surface area (Å²) >= 11 is 0. The highest BCUT2D eigenvalue weighted by Crippen LogP contribution is 2.15. The molecule has 0 aliphatic rings. The van der Waals surface area contributed by atoms with Gasteiger partial charge >= 0.3 is 0 Å². The van der Waals surface area contributed by atoms with Gasteiger partial charge in [0.2, 0.25) is 10.0 Å². The first kappa shape index (κ1) is 15.1. The normalized spacial score (nSPS) is 11.1. The lowest BCUT2D eigenvalue weighted by Crippen LogP contribution is -2.16. The number of nitrogens with one attached hydrogen (secondary N) is 1. The molecular formula is C13H14N4O3S. The van der Waals surface area contributed by atoms with E-state index in [4.69, 9.17) is 10.9 Å². The number of anilines is 1. The molecule has 0 aliphatic heterocycles. The Balaban J connectivity index is 2.19. The summed E-state index contributed by atoms with van der Waals surface area (Å²) in [4.78, 5) is 15.9. The van der Waals surface area contributed by atoms with E-state index >= 15 is 0 Å². The van der Waals surface area contributed by atoms with Gasteiger partial charge in [0.05, 0.1) is 4.90 Å². The van der Waals surface area contributed by atoms with Gasteiger partial charge in [0, 0.05) is 18.4 Å². The Bertz CT molecular complexity index is 757. The van der Waals surface area contributed by atoms with Crippen molar-refractivity contribution in [1.29, 1.82) is 0 Å². The molecule has 0 unspecified atom stereocenters. The van der Waals surface area contributed by atoms with Gasteiger partial charge in [0.1, 0.15) is 5.69 Å². The lowest BCUT2D eigenvalue weighted by atomic mass is 10.2. The molecule has 5 N–H and O–H groups in total. The molecule has 0 saturated carbocycles. The van der Waals surface area contributed by atoms with Crippen LogP contribution in [0, 0.1) is 0 Å². The van der Waals surface area contributed by atoms with E-state index in [1.54, 1.807) is 18.2 Å². The maximum atomic E-state index is 12.0. The van der Waals surface area contributed by atoms with Crippen LogP contribution >= 0.6 is 0 Å². The van der Waals surface area contributed by atoms with Crippen LogP contribution in [-0.4, -0.2) is 19.3 Å². The Morgan fingerprint density at radius 1 is 1.24 bits per heavy atom. The molecule has 0 aliphatic carbocycles. The van der Waals surface area contributed by atoms with Gasteiger partial charge < -0.3 is 11.1 Å². The Kier molecular flexibility index (Phi) is 4.32. The summed E-state index contributed by atoms with van der Waals surface area (Å²) in [7, 11) is -3.82. The highest BCUT2D eigenvalue weighted by atomic mass is 32.2. The molecular weight excluding hydrogens is 292 g/mol. The summed E-state index contributed by atoms with van der Waals surface area (Å²) in [6.45, 7) is 0.339. The number of carbonyl (C=O) groups is 1. The van der Waals surface area contributed by atoms with Gasteiger partial charge in [0.15, 0.2) is 0 Å². The zero-order valence-electron chi connectivity index (χ0n) is 11.0. The summed E-state index contributed by atoms with van der Waals surface area (Å²) in [5.41, 5.74) is 6.77. The van der Waals surface area contributed by atoms with Crippen LogP contribution in [0.5, 0.6) is 0 Å². The second-order valence-corrected chi connectivity index (χ2v) is 5.84. The minimum Gasteiger partial charge on any atom is -0.326 e. The molecule has 8 heteroatoms. The minimum absolute atomic E-state index is 0.0771. The van der Waals surface area contributed by atoms with Crippen molar-refractivity contribution in [2.75, 3.05) is 5.32 Å². The summed E-state index contributed by atoms with van der Waals surface area (Å²) in [6, 6.07) is 8.91. The third-order valence-corrected chi connectivity index (χ3v) is 3.62. The van der Waals surface area contributed by atoms with Gasteiger partial charge in [-0.05, 0) is 29.8 Å². The number of sulfonamides is 1. The van der Waals surface area contributed by atoms with E-state index < -0.39 is 15.9 Å². The fraction of sp³-hybridized carbons (Fsp3) is 0.0769. The number of aromatic nitrogens is 1. The maximum Gasteiger partial charge on any atom is 0.274 e. The molecule has 7 nitrogen and oxygen atoms in total. The van der Waals surface area contributed by atoms with Crippen molar-refractivity contribution in [2.45, 2.75) is 11.4 Å². The monoisotopic (exact) mass is 306 g/mol. The molecule has 2 rings (SSSR count). The van der Waals surface area contributed by atoms with Gasteiger partial charge in [-0.15, -0.1) is 0 Å². The summed E-state index contributed by atoms with van der Waals surface area (Å²) in [5, 5.41) is 7.59. The van der Waals surface area contributed by atoms with E-state index in [1.165, 1.54) is 24.4 Å². The minimum atomic E-state index is -3.82. The highest BCUT2D eigenvalue weighted by Gasteiger charge is 2.11. The first-order valence-corrected chi connectivity index (χ1v) is 7.54. The molecule has 1 amide bonds. The van der Waals surface area contributed by atoms with Crippen LogP contribution in [0.15, 0.2) is 47.5 Å². The number of rotatable bonds is 4. The molecule has 0 atom stereocenters. The van der Waals surface area contributed by atoms with Crippen molar-refractivity contribution in [3.8, 4) is 0 Å². The molecule has 0 bridgehead atoms. The first-order valence-electron chi connectivity index (χ1n) is 5.99. The van der Waals surface area contributed by atoms with Crippen molar-refractivity contribution >= 4 is 21.6 Å². The van der Waals surface area contributed by atoms with Crippen LogP contribution in [0.1, 0.15) is 16.1 Å². The highest BCUT2D eigenvalue weighted by molar-refractivity contribution is 7.89. The molecule has 1 aromatic heterocycles. The second-order valence-electron chi connectivity index (χ2n) is 4.28. The molecule has 110 valence electrons. The largest absolute Gasteiger partial charge is 0.326 e. The molecule has 1 heterocycles. The van der Waals surface area contributed by atoms with Gasteiger partial charge in [-0.1, -0.05) is 12.1 Å². The van der Waals surface area contributed by atoms with Crippen LogP contribution in [0.4, 0.5) is 5.69 Å². The number of benzene rings is 1. The Morgan fingerprint density at radius 2 is 2.00 bits per heavy atom. The molecule has 0 saturated heterocycles. The zero-order valence-corrected chi connectivity index (χ0v) is 11.8. The topological polar surface area (TPSA) is 128 Å². The number of amides is 1. The second kappa shape index (κ2) is 6.00. The third kappa shape index (κ3) is 3.85. The zero-order chi connectivity index (χ0) is 15.5. The summed E-state index contributed by atoms with van der Waals surface area (Å²) < 4.78 is 22.5. The number of hydrogen-bond acceptors (Lipinski definition) is 5. The van der Waals surface area contributed by atoms with E-state index in [0.717, 1.165) is 5.56 Å². The first-order chi connectivity index (χ1) is 9.90. The van der Waals surface area contributed by atoms with Crippen LogP contribution in [-0.2, 0) is 16.6 Å². The van der Waals surface area contributed by atoms with Crippen LogP contribution < -0.4 is 16.2 Å². The average molecular weight is 306 g/mol. The summed E-state index contributed by atoms with van der Waals surface area (Å²) in [5.74, 6) is -0.454.